The molecule has 1 aromatic carbocycles. The molecule has 0 aliphatic carbocycles. The van der Waals surface area contributed by atoms with Gasteiger partial charge < -0.3 is 9.67 Å². The Bertz CT molecular complexity index is 800. The number of carboxylic acid groups (broad SMARTS) is 1. The Morgan fingerprint density at radius 1 is 1.19 bits per heavy atom. The quantitative estimate of drug-likeness (QED) is 0.772. The van der Waals surface area contributed by atoms with Crippen LogP contribution in [0.3, 0.4) is 0 Å². The van der Waals surface area contributed by atoms with Crippen molar-refractivity contribution in [2.75, 3.05) is 0 Å². The third-order valence-corrected chi connectivity index (χ3v) is 4.32. The van der Waals surface area contributed by atoms with E-state index in [9.17, 15) is 9.90 Å². The number of thiophene rings is 1. The molecule has 3 nitrogen and oxygen atoms in total. The van der Waals surface area contributed by atoms with E-state index >= 15 is 0 Å². The van der Waals surface area contributed by atoms with Crippen LogP contribution >= 0.6 is 11.3 Å². The summed E-state index contributed by atoms with van der Waals surface area (Å²) >= 11 is 1.65. The van der Waals surface area contributed by atoms with E-state index in [1.54, 1.807) is 17.4 Å². The van der Waals surface area contributed by atoms with Gasteiger partial charge in [0.05, 0.1) is 11.3 Å². The maximum atomic E-state index is 11.3. The van der Waals surface area contributed by atoms with Gasteiger partial charge in [-0.15, -0.1) is 0 Å². The van der Waals surface area contributed by atoms with Crippen molar-refractivity contribution in [1.29, 1.82) is 0 Å². The van der Waals surface area contributed by atoms with Crippen LogP contribution in [0.2, 0.25) is 0 Å². The van der Waals surface area contributed by atoms with Crippen molar-refractivity contribution < 1.29 is 9.90 Å². The van der Waals surface area contributed by atoms with Gasteiger partial charge in [0.2, 0.25) is 0 Å². The van der Waals surface area contributed by atoms with E-state index in [-0.39, 0.29) is 0 Å². The highest BCUT2D eigenvalue weighted by Crippen LogP contribution is 2.31. The van der Waals surface area contributed by atoms with E-state index in [1.165, 1.54) is 0 Å². The van der Waals surface area contributed by atoms with E-state index in [0.29, 0.717) is 5.56 Å². The number of carbonyl (C=O) groups is 1. The topological polar surface area (TPSA) is 42.2 Å². The fourth-order valence-electron chi connectivity index (χ4n) is 2.68. The van der Waals surface area contributed by atoms with Crippen molar-refractivity contribution in [1.82, 2.24) is 4.57 Å². The average Bonchev–Trinajstić information content (AvgIpc) is 3.07. The summed E-state index contributed by atoms with van der Waals surface area (Å²) < 4.78 is 2.01. The molecule has 3 aromatic rings. The molecule has 0 amide bonds. The number of aromatic carboxylic acids is 1. The number of carboxylic acids is 1. The Morgan fingerprint density at radius 2 is 1.95 bits per heavy atom. The Labute approximate surface area is 127 Å². The summed E-state index contributed by atoms with van der Waals surface area (Å²) in [6, 6.07) is 11.9. The number of nitrogens with zero attached hydrogens (tertiary/aromatic N) is 1. The summed E-state index contributed by atoms with van der Waals surface area (Å²) in [5.41, 5.74) is 5.30. The highest BCUT2D eigenvalue weighted by Gasteiger charge is 2.17. The zero-order valence-electron chi connectivity index (χ0n) is 11.8. The van der Waals surface area contributed by atoms with Gasteiger partial charge in [-0.25, -0.2) is 4.79 Å². The molecule has 0 radical (unpaired) electrons. The predicted octanol–water partition coefficient (Wildman–Crippen LogP) is 4.52. The molecular formula is C17H15NO2S. The largest absolute Gasteiger partial charge is 0.478 e. The van der Waals surface area contributed by atoms with Gasteiger partial charge in [-0.1, -0.05) is 18.2 Å². The van der Waals surface area contributed by atoms with Gasteiger partial charge in [0.15, 0.2) is 0 Å². The van der Waals surface area contributed by atoms with Gasteiger partial charge in [0, 0.05) is 17.0 Å². The third kappa shape index (κ3) is 2.28. The molecule has 2 heterocycles. The normalized spacial score (nSPS) is 10.8. The second-order valence-electron chi connectivity index (χ2n) is 4.95. The van der Waals surface area contributed by atoms with Crippen LogP contribution in [-0.4, -0.2) is 15.6 Å². The fourth-order valence-corrected chi connectivity index (χ4v) is 3.34. The minimum Gasteiger partial charge on any atom is -0.478 e. The molecule has 0 fully saturated rings. The monoisotopic (exact) mass is 297 g/mol. The second kappa shape index (κ2) is 5.22. The first kappa shape index (κ1) is 13.6. The molecule has 2 aromatic heterocycles. The average molecular weight is 297 g/mol. The van der Waals surface area contributed by atoms with Gasteiger partial charge in [0.1, 0.15) is 0 Å². The minimum atomic E-state index is -0.887. The van der Waals surface area contributed by atoms with Crippen molar-refractivity contribution in [3.05, 3.63) is 64.1 Å². The molecule has 0 atom stereocenters. The second-order valence-corrected chi connectivity index (χ2v) is 5.73. The van der Waals surface area contributed by atoms with Crippen LogP contribution in [0.4, 0.5) is 0 Å². The molecule has 4 heteroatoms. The van der Waals surface area contributed by atoms with Gasteiger partial charge in [-0.05, 0) is 48.4 Å². The Hall–Kier alpha value is -2.33. The number of aromatic nitrogens is 1. The summed E-state index contributed by atoms with van der Waals surface area (Å²) in [6.07, 6.45) is 0. The molecule has 0 aliphatic heterocycles. The smallest absolute Gasteiger partial charge is 0.337 e. The van der Waals surface area contributed by atoms with Crippen LogP contribution in [-0.2, 0) is 0 Å². The molecule has 0 saturated heterocycles. The van der Waals surface area contributed by atoms with Crippen LogP contribution in [0.15, 0.2) is 47.2 Å². The lowest BCUT2D eigenvalue weighted by Gasteiger charge is -2.14. The summed E-state index contributed by atoms with van der Waals surface area (Å²) in [4.78, 5) is 11.3. The standard InChI is InChI=1S/C17H15NO2S/c1-11-9-15(17(19)20)12(2)18(11)16-6-4-3-5-14(16)13-7-8-21-10-13/h3-10H,1-2H3,(H,19,20). The van der Waals surface area contributed by atoms with Gasteiger partial charge >= 0.3 is 5.97 Å². The molecule has 0 unspecified atom stereocenters. The maximum Gasteiger partial charge on any atom is 0.337 e. The van der Waals surface area contributed by atoms with Crippen LogP contribution in [0.1, 0.15) is 21.7 Å². The van der Waals surface area contributed by atoms with Gasteiger partial charge in [-0.3, -0.25) is 0 Å². The van der Waals surface area contributed by atoms with Crippen LogP contribution in [0.25, 0.3) is 16.8 Å². The Kier molecular flexibility index (Phi) is 3.39. The zero-order valence-corrected chi connectivity index (χ0v) is 12.6. The van der Waals surface area contributed by atoms with E-state index in [0.717, 1.165) is 28.2 Å². The molecule has 0 bridgehead atoms. The summed E-state index contributed by atoms with van der Waals surface area (Å²) in [6.45, 7) is 3.78. The van der Waals surface area contributed by atoms with E-state index in [1.807, 2.05) is 42.0 Å². The van der Waals surface area contributed by atoms with Crippen LogP contribution in [0, 0.1) is 13.8 Å². The Balaban J connectivity index is 2.25. The molecule has 3 rings (SSSR count). The highest BCUT2D eigenvalue weighted by molar-refractivity contribution is 7.08. The number of hydrogen-bond acceptors (Lipinski definition) is 2. The molecule has 0 saturated carbocycles. The lowest BCUT2D eigenvalue weighted by atomic mass is 10.1. The first-order valence-corrected chi connectivity index (χ1v) is 7.58. The van der Waals surface area contributed by atoms with Crippen molar-refractivity contribution in [2.24, 2.45) is 0 Å². The van der Waals surface area contributed by atoms with Crippen molar-refractivity contribution in [3.63, 3.8) is 0 Å². The number of rotatable bonds is 3. The van der Waals surface area contributed by atoms with Crippen LogP contribution in [0.5, 0.6) is 0 Å². The zero-order chi connectivity index (χ0) is 15.0. The number of hydrogen-bond donors (Lipinski definition) is 1. The molecular weight excluding hydrogens is 282 g/mol. The van der Waals surface area contributed by atoms with Crippen molar-refractivity contribution >= 4 is 17.3 Å². The van der Waals surface area contributed by atoms with E-state index in [4.69, 9.17) is 0 Å². The summed E-state index contributed by atoms with van der Waals surface area (Å²) in [5, 5.41) is 13.4. The highest BCUT2D eigenvalue weighted by atomic mass is 32.1. The number of aryl methyl sites for hydroxylation is 1. The number of benzene rings is 1. The minimum absolute atomic E-state index is 0.354. The van der Waals surface area contributed by atoms with Gasteiger partial charge in [0.25, 0.3) is 0 Å². The molecule has 0 aliphatic rings. The molecule has 106 valence electrons. The van der Waals surface area contributed by atoms with Crippen molar-refractivity contribution in [2.45, 2.75) is 13.8 Å². The first-order chi connectivity index (χ1) is 10.1. The first-order valence-electron chi connectivity index (χ1n) is 6.64. The fraction of sp³-hybridized carbons (Fsp3) is 0.118. The lowest BCUT2D eigenvalue weighted by molar-refractivity contribution is 0.0696. The number of para-hydroxylation sites is 1. The van der Waals surface area contributed by atoms with Gasteiger partial charge in [-0.2, -0.15) is 11.3 Å². The summed E-state index contributed by atoms with van der Waals surface area (Å²) in [7, 11) is 0. The van der Waals surface area contributed by atoms with Crippen molar-refractivity contribution in [3.8, 4) is 16.8 Å². The maximum absolute atomic E-state index is 11.3. The summed E-state index contributed by atoms with van der Waals surface area (Å²) in [5.74, 6) is -0.887. The lowest BCUT2D eigenvalue weighted by Crippen LogP contribution is -2.03. The van der Waals surface area contributed by atoms with E-state index < -0.39 is 5.97 Å². The predicted molar refractivity (Wildman–Crippen MR) is 85.5 cm³/mol. The van der Waals surface area contributed by atoms with E-state index in [2.05, 4.69) is 17.5 Å². The molecule has 21 heavy (non-hydrogen) atoms. The molecule has 0 spiro atoms. The third-order valence-electron chi connectivity index (χ3n) is 3.64. The molecule has 1 N–H and O–H groups in total. The van der Waals surface area contributed by atoms with Crippen LogP contribution < -0.4 is 0 Å². The Morgan fingerprint density at radius 3 is 2.57 bits per heavy atom. The SMILES string of the molecule is Cc1cc(C(=O)O)c(C)n1-c1ccccc1-c1ccsc1.